The summed E-state index contributed by atoms with van der Waals surface area (Å²) in [5, 5.41) is 0. The van der Waals surface area contributed by atoms with Crippen molar-refractivity contribution >= 4 is 21.4 Å². The minimum Gasteiger partial charge on any atom is -0.790 e. The molecule has 0 amide bonds. The van der Waals surface area contributed by atoms with Gasteiger partial charge in [-0.1, -0.05) is 36.4 Å². The van der Waals surface area contributed by atoms with Crippen molar-refractivity contribution in [1.82, 2.24) is 0 Å². The molecule has 2 rings (SSSR count). The molecule has 0 heterocycles. The molecule has 0 fully saturated rings. The predicted octanol–water partition coefficient (Wildman–Crippen LogP) is 1.57. The Morgan fingerprint density at radius 1 is 0.966 bits per heavy atom. The molecular formula is C18H17O9P2-3. The number of carbonyl (C=O) groups excluding carboxylic acids is 1. The molecule has 9 nitrogen and oxygen atoms in total. The second-order valence-corrected chi connectivity index (χ2v) is 8.53. The zero-order valence-corrected chi connectivity index (χ0v) is 17.0. The van der Waals surface area contributed by atoms with Gasteiger partial charge in [0, 0.05) is 11.1 Å². The smallest absolute Gasteiger partial charge is 0.272 e. The van der Waals surface area contributed by atoms with E-state index >= 15 is 0 Å². The van der Waals surface area contributed by atoms with Gasteiger partial charge in [-0.05, 0) is 36.8 Å². The standard InChI is InChI=1S/C18H20O9P2/c1-14(11-12-26-29(23,24)27-28(20,21)22)13-25-17-9-7-16(8-10-17)18(19)15-5-3-2-4-6-15/h2-11H,12-13H2,1H3,(H,23,24)(H2,20,21,22)/p-3/b14-11+. The second-order valence-electron chi connectivity index (χ2n) is 5.83. The molecule has 2 aromatic carbocycles. The lowest BCUT2D eigenvalue weighted by Crippen LogP contribution is -2.19. The lowest BCUT2D eigenvalue weighted by molar-refractivity contribution is -0.339. The van der Waals surface area contributed by atoms with Gasteiger partial charge in [0.25, 0.3) is 7.82 Å². The monoisotopic (exact) mass is 439 g/mol. The first-order valence-electron chi connectivity index (χ1n) is 8.23. The molecule has 0 bridgehead atoms. The third-order valence-corrected chi connectivity index (χ3v) is 5.55. The number of carbonyl (C=O) groups is 1. The molecule has 1 unspecified atom stereocenters. The molecule has 0 saturated heterocycles. The number of ketones is 1. The highest BCUT2D eigenvalue weighted by Gasteiger charge is 2.11. The molecule has 0 saturated carbocycles. The van der Waals surface area contributed by atoms with Crippen molar-refractivity contribution in [3.05, 3.63) is 77.4 Å². The highest BCUT2D eigenvalue weighted by Crippen LogP contribution is 2.50. The fourth-order valence-corrected chi connectivity index (χ4v) is 3.56. The van der Waals surface area contributed by atoms with E-state index in [1.165, 1.54) is 6.08 Å². The molecule has 0 aliphatic carbocycles. The van der Waals surface area contributed by atoms with Crippen molar-refractivity contribution in [3.63, 3.8) is 0 Å². The van der Waals surface area contributed by atoms with Crippen LogP contribution in [0.3, 0.4) is 0 Å². The molecule has 0 aliphatic heterocycles. The number of ether oxygens (including phenoxy) is 1. The Morgan fingerprint density at radius 3 is 2.14 bits per heavy atom. The van der Waals surface area contributed by atoms with Crippen molar-refractivity contribution in [2.75, 3.05) is 13.2 Å². The SMILES string of the molecule is C/C(=C\COP(=O)([O-])OP(=O)([O-])[O-])COc1ccc(C(=O)c2ccccc2)cc1. The summed E-state index contributed by atoms with van der Waals surface area (Å²) >= 11 is 0. The van der Waals surface area contributed by atoms with E-state index in [9.17, 15) is 28.6 Å². The summed E-state index contributed by atoms with van der Waals surface area (Å²) in [4.78, 5) is 44.0. The Morgan fingerprint density at radius 2 is 1.55 bits per heavy atom. The number of phosphoric acid groups is 2. The van der Waals surface area contributed by atoms with Crippen LogP contribution in [0.15, 0.2) is 66.2 Å². The quantitative estimate of drug-likeness (QED) is 0.305. The Balaban J connectivity index is 1.85. The van der Waals surface area contributed by atoms with Gasteiger partial charge >= 0.3 is 0 Å². The van der Waals surface area contributed by atoms with Gasteiger partial charge in [-0.15, -0.1) is 0 Å². The van der Waals surface area contributed by atoms with Gasteiger partial charge in [-0.25, -0.2) is 0 Å². The Hall–Kier alpha value is -2.09. The van der Waals surface area contributed by atoms with Gasteiger partial charge in [0.15, 0.2) is 5.78 Å². The third kappa shape index (κ3) is 8.43. The van der Waals surface area contributed by atoms with Crippen LogP contribution in [0.5, 0.6) is 5.75 Å². The van der Waals surface area contributed by atoms with Crippen molar-refractivity contribution in [2.45, 2.75) is 6.92 Å². The van der Waals surface area contributed by atoms with E-state index in [-0.39, 0.29) is 12.4 Å². The highest BCUT2D eigenvalue weighted by molar-refractivity contribution is 7.58. The van der Waals surface area contributed by atoms with Crippen LogP contribution < -0.4 is 19.4 Å². The van der Waals surface area contributed by atoms with Gasteiger partial charge in [-0.2, -0.15) is 0 Å². The van der Waals surface area contributed by atoms with E-state index in [0.717, 1.165) is 0 Å². The summed E-state index contributed by atoms with van der Waals surface area (Å²) < 4.78 is 34.5. The summed E-state index contributed by atoms with van der Waals surface area (Å²) in [5.74, 6) is 0.370. The summed E-state index contributed by atoms with van der Waals surface area (Å²) in [6.45, 7) is 1.18. The van der Waals surface area contributed by atoms with Crippen molar-refractivity contribution in [1.29, 1.82) is 0 Å². The van der Waals surface area contributed by atoms with E-state index < -0.39 is 22.3 Å². The number of hydrogen-bond acceptors (Lipinski definition) is 9. The van der Waals surface area contributed by atoms with E-state index in [4.69, 9.17) is 4.74 Å². The van der Waals surface area contributed by atoms with Crippen molar-refractivity contribution in [3.8, 4) is 5.75 Å². The zero-order valence-electron chi connectivity index (χ0n) is 15.3. The molecule has 1 atom stereocenters. The van der Waals surface area contributed by atoms with Gasteiger partial charge in [-0.3, -0.25) is 13.7 Å². The molecule has 0 radical (unpaired) electrons. The van der Waals surface area contributed by atoms with Gasteiger partial charge in [0.2, 0.25) is 0 Å². The maximum atomic E-state index is 12.3. The van der Waals surface area contributed by atoms with E-state index in [0.29, 0.717) is 22.4 Å². The van der Waals surface area contributed by atoms with E-state index in [1.807, 2.05) is 6.07 Å². The lowest BCUT2D eigenvalue weighted by atomic mass is 10.0. The van der Waals surface area contributed by atoms with Gasteiger partial charge < -0.3 is 28.5 Å². The van der Waals surface area contributed by atoms with Crippen LogP contribution in [-0.2, 0) is 18.0 Å². The molecule has 0 spiro atoms. The minimum atomic E-state index is -5.70. The van der Waals surface area contributed by atoms with Crippen LogP contribution in [0.25, 0.3) is 0 Å². The minimum absolute atomic E-state index is 0.0843. The molecule has 0 N–H and O–H groups in total. The molecular weight excluding hydrogens is 422 g/mol. The van der Waals surface area contributed by atoms with E-state index in [2.05, 4.69) is 8.83 Å². The third-order valence-electron chi connectivity index (χ3n) is 3.48. The second kappa shape index (κ2) is 10.1. The highest BCUT2D eigenvalue weighted by atomic mass is 31.3. The first-order valence-corrected chi connectivity index (χ1v) is 11.1. The first-order chi connectivity index (χ1) is 13.6. The van der Waals surface area contributed by atoms with Crippen LogP contribution >= 0.6 is 15.6 Å². The average Bonchev–Trinajstić information content (AvgIpc) is 2.65. The maximum absolute atomic E-state index is 12.3. The largest absolute Gasteiger partial charge is 0.790 e. The fourth-order valence-electron chi connectivity index (χ4n) is 2.13. The molecule has 11 heteroatoms. The Kier molecular flexibility index (Phi) is 8.07. The molecule has 2 aromatic rings. The van der Waals surface area contributed by atoms with Gasteiger partial charge in [0.05, 0.1) is 14.4 Å². The lowest BCUT2D eigenvalue weighted by Gasteiger charge is -2.34. The topological polar surface area (TPSA) is 148 Å². The fraction of sp³-hybridized carbons (Fsp3) is 0.167. The normalized spacial score (nSPS) is 14.3. The maximum Gasteiger partial charge on any atom is 0.272 e. The zero-order chi connectivity index (χ0) is 21.5. The van der Waals surface area contributed by atoms with Crippen LogP contribution in [0.1, 0.15) is 22.8 Å². The van der Waals surface area contributed by atoms with Crippen LogP contribution in [0.2, 0.25) is 0 Å². The van der Waals surface area contributed by atoms with Crippen LogP contribution in [0, 0.1) is 0 Å². The van der Waals surface area contributed by atoms with Crippen LogP contribution in [0.4, 0.5) is 0 Å². The molecule has 0 aliphatic rings. The van der Waals surface area contributed by atoms with E-state index in [1.54, 1.807) is 55.5 Å². The summed E-state index contributed by atoms with van der Waals surface area (Å²) in [7, 11) is -10.9. The van der Waals surface area contributed by atoms with Crippen LogP contribution in [-0.4, -0.2) is 19.0 Å². The Bertz CT molecular complexity index is 949. The summed E-state index contributed by atoms with van der Waals surface area (Å²) in [6.07, 6.45) is 1.32. The first kappa shape index (κ1) is 23.2. The number of phosphoric ester groups is 1. The van der Waals surface area contributed by atoms with Crippen molar-refractivity contribution in [2.24, 2.45) is 0 Å². The number of hydrogen-bond donors (Lipinski definition) is 0. The Labute approximate surface area is 167 Å². The molecule has 156 valence electrons. The average molecular weight is 439 g/mol. The number of rotatable bonds is 10. The summed E-state index contributed by atoms with van der Waals surface area (Å²) in [6, 6.07) is 15.3. The molecule has 0 aromatic heterocycles. The van der Waals surface area contributed by atoms with Crippen molar-refractivity contribution < 1.29 is 42.2 Å². The van der Waals surface area contributed by atoms with Gasteiger partial charge in [0.1, 0.15) is 12.4 Å². The predicted molar refractivity (Wildman–Crippen MR) is 97.8 cm³/mol. The summed E-state index contributed by atoms with van der Waals surface area (Å²) in [5.41, 5.74) is 1.65. The molecule has 29 heavy (non-hydrogen) atoms. The number of benzene rings is 2.